The molecule has 0 saturated heterocycles. The molecule has 1 aromatic rings. The van der Waals surface area contributed by atoms with Gasteiger partial charge in [0.05, 0.1) is 0 Å². The molecule has 0 fully saturated rings. The minimum atomic E-state index is -0.644. The highest BCUT2D eigenvalue weighted by molar-refractivity contribution is 7.98. The van der Waals surface area contributed by atoms with Crippen LogP contribution in [0.25, 0.3) is 0 Å². The quantitative estimate of drug-likeness (QED) is 0.596. The predicted octanol–water partition coefficient (Wildman–Crippen LogP) is 3.93. The van der Waals surface area contributed by atoms with Crippen molar-refractivity contribution in [3.05, 3.63) is 28.8 Å². The summed E-state index contributed by atoms with van der Waals surface area (Å²) in [6.07, 6.45) is 1.96. The Balaban J connectivity index is 3.11. The molecule has 0 spiro atoms. The van der Waals surface area contributed by atoms with E-state index in [0.717, 1.165) is 4.90 Å². The second-order valence-corrected chi connectivity index (χ2v) is 4.58. The molecule has 0 saturated carbocycles. The first-order valence-electron chi connectivity index (χ1n) is 4.04. The Morgan fingerprint density at radius 1 is 1.50 bits per heavy atom. The van der Waals surface area contributed by atoms with Crippen molar-refractivity contribution in [3.8, 4) is 0 Å². The Kier molecular flexibility index (Phi) is 4.30. The summed E-state index contributed by atoms with van der Waals surface area (Å²) in [5.74, 6) is -0.0909. The molecule has 1 unspecified atom stereocenters. The highest BCUT2D eigenvalue weighted by atomic mass is 35.5. The predicted molar refractivity (Wildman–Crippen MR) is 62.5 cm³/mol. The lowest BCUT2D eigenvalue weighted by molar-refractivity contribution is -0.116. The van der Waals surface area contributed by atoms with Crippen LogP contribution in [0.4, 0.5) is 0 Å². The normalized spacial score (nSPS) is 12.6. The van der Waals surface area contributed by atoms with Crippen LogP contribution in [-0.4, -0.2) is 12.0 Å². The number of benzene rings is 1. The van der Waals surface area contributed by atoms with Crippen LogP contribution < -0.4 is 0 Å². The van der Waals surface area contributed by atoms with Gasteiger partial charge in [-0.05, 0) is 36.9 Å². The van der Waals surface area contributed by atoms with E-state index >= 15 is 0 Å². The highest BCUT2D eigenvalue weighted by Gasteiger charge is 2.16. The average Bonchev–Trinajstić information content (AvgIpc) is 2.17. The van der Waals surface area contributed by atoms with Gasteiger partial charge in [0, 0.05) is 9.92 Å². The van der Waals surface area contributed by atoms with E-state index in [2.05, 4.69) is 0 Å². The minimum Gasteiger partial charge on any atom is -0.298 e. The molecule has 1 aromatic carbocycles. The van der Waals surface area contributed by atoms with Gasteiger partial charge in [0.25, 0.3) is 0 Å². The van der Waals surface area contributed by atoms with Gasteiger partial charge in [-0.2, -0.15) is 0 Å². The second-order valence-electron chi connectivity index (χ2n) is 2.86. The van der Waals surface area contributed by atoms with Crippen molar-refractivity contribution >= 4 is 40.7 Å². The third-order valence-electron chi connectivity index (χ3n) is 1.83. The number of ketones is 1. The molecule has 1 nitrogen and oxygen atoms in total. The van der Waals surface area contributed by atoms with E-state index < -0.39 is 5.38 Å². The lowest BCUT2D eigenvalue weighted by Crippen LogP contribution is -2.02. The van der Waals surface area contributed by atoms with E-state index in [1.54, 1.807) is 17.8 Å². The zero-order valence-corrected chi connectivity index (χ0v) is 10.2. The third-order valence-corrected chi connectivity index (χ3v) is 3.45. The summed E-state index contributed by atoms with van der Waals surface area (Å²) < 4.78 is 0. The van der Waals surface area contributed by atoms with Crippen LogP contribution in [0.5, 0.6) is 0 Å². The summed E-state index contributed by atoms with van der Waals surface area (Å²) in [5.41, 5.74) is 0.688. The molecule has 0 heterocycles. The lowest BCUT2D eigenvalue weighted by Gasteiger charge is -2.09. The summed E-state index contributed by atoms with van der Waals surface area (Å²) in [4.78, 5) is 12.2. The van der Waals surface area contributed by atoms with Crippen LogP contribution in [0, 0.1) is 0 Å². The largest absolute Gasteiger partial charge is 0.298 e. The molecule has 0 aliphatic carbocycles. The first kappa shape index (κ1) is 11.9. The van der Waals surface area contributed by atoms with Crippen LogP contribution in [0.3, 0.4) is 0 Å². The Morgan fingerprint density at radius 2 is 2.14 bits per heavy atom. The molecule has 0 bridgehead atoms. The summed E-state index contributed by atoms with van der Waals surface area (Å²) >= 11 is 13.5. The van der Waals surface area contributed by atoms with Crippen molar-refractivity contribution in [1.29, 1.82) is 0 Å². The summed E-state index contributed by atoms with van der Waals surface area (Å²) in [5, 5.41) is -0.104. The van der Waals surface area contributed by atoms with Crippen molar-refractivity contribution in [2.75, 3.05) is 6.26 Å². The number of Topliss-reactive ketones (excluding diaryl/α,β-unsaturated/α-hetero) is 1. The smallest absolute Gasteiger partial charge is 0.152 e. The van der Waals surface area contributed by atoms with Gasteiger partial charge < -0.3 is 0 Å². The molecule has 0 aliphatic heterocycles. The zero-order valence-electron chi connectivity index (χ0n) is 7.88. The number of hydrogen-bond donors (Lipinski definition) is 0. The van der Waals surface area contributed by atoms with Crippen LogP contribution >= 0.6 is 35.0 Å². The van der Waals surface area contributed by atoms with E-state index in [-0.39, 0.29) is 5.78 Å². The molecule has 0 radical (unpaired) electrons. The van der Waals surface area contributed by atoms with Crippen molar-refractivity contribution in [3.63, 3.8) is 0 Å². The Labute approximate surface area is 97.8 Å². The second kappa shape index (κ2) is 5.06. The average molecular weight is 249 g/mol. The van der Waals surface area contributed by atoms with Gasteiger partial charge in [-0.3, -0.25) is 4.79 Å². The molecule has 0 N–H and O–H groups in total. The first-order valence-corrected chi connectivity index (χ1v) is 6.08. The molecule has 4 heteroatoms. The highest BCUT2D eigenvalue weighted by Crippen LogP contribution is 2.31. The van der Waals surface area contributed by atoms with Crippen molar-refractivity contribution in [2.45, 2.75) is 17.2 Å². The van der Waals surface area contributed by atoms with Gasteiger partial charge in [0.1, 0.15) is 5.38 Å². The van der Waals surface area contributed by atoms with Gasteiger partial charge in [-0.15, -0.1) is 23.4 Å². The summed E-state index contributed by atoms with van der Waals surface area (Å²) in [7, 11) is 0. The van der Waals surface area contributed by atoms with Crippen molar-refractivity contribution in [2.24, 2.45) is 0 Å². The topological polar surface area (TPSA) is 17.1 Å². The van der Waals surface area contributed by atoms with Gasteiger partial charge in [0.2, 0.25) is 0 Å². The zero-order chi connectivity index (χ0) is 10.7. The van der Waals surface area contributed by atoms with Crippen LogP contribution in [0.15, 0.2) is 23.1 Å². The fourth-order valence-electron chi connectivity index (χ4n) is 1.06. The molecule has 0 aromatic heterocycles. The molecule has 1 atom stereocenters. The van der Waals surface area contributed by atoms with E-state index in [1.165, 1.54) is 6.92 Å². The number of thioether (sulfide) groups is 1. The Morgan fingerprint density at radius 3 is 2.64 bits per heavy atom. The van der Waals surface area contributed by atoms with E-state index in [1.807, 2.05) is 18.4 Å². The lowest BCUT2D eigenvalue weighted by atomic mass is 10.1. The van der Waals surface area contributed by atoms with Crippen LogP contribution in [0.2, 0.25) is 5.02 Å². The summed E-state index contributed by atoms with van der Waals surface area (Å²) in [6.45, 7) is 1.46. The van der Waals surface area contributed by atoms with Gasteiger partial charge in [-0.25, -0.2) is 0 Å². The third kappa shape index (κ3) is 2.66. The number of carbonyl (C=O) groups is 1. The number of hydrogen-bond acceptors (Lipinski definition) is 2. The van der Waals surface area contributed by atoms with E-state index in [9.17, 15) is 4.79 Å². The molecular formula is C10H10Cl2OS. The summed E-state index contributed by atoms with van der Waals surface area (Å²) in [6, 6.07) is 5.52. The van der Waals surface area contributed by atoms with Gasteiger partial charge in [-0.1, -0.05) is 11.6 Å². The maximum atomic E-state index is 11.1. The van der Waals surface area contributed by atoms with E-state index in [0.29, 0.717) is 10.6 Å². The first-order chi connectivity index (χ1) is 6.56. The SMILES string of the molecule is CSc1ccc(Cl)c(C(Cl)C(C)=O)c1. The van der Waals surface area contributed by atoms with Gasteiger partial charge in [0.15, 0.2) is 5.78 Å². The Hall–Kier alpha value is -0.180. The van der Waals surface area contributed by atoms with E-state index in [4.69, 9.17) is 23.2 Å². The minimum absolute atomic E-state index is 0.0909. The van der Waals surface area contributed by atoms with Crippen molar-refractivity contribution in [1.82, 2.24) is 0 Å². The maximum Gasteiger partial charge on any atom is 0.152 e. The number of carbonyl (C=O) groups excluding carboxylic acids is 1. The van der Waals surface area contributed by atoms with Crippen LogP contribution in [0.1, 0.15) is 17.9 Å². The molecule has 76 valence electrons. The van der Waals surface area contributed by atoms with Gasteiger partial charge >= 0.3 is 0 Å². The fourth-order valence-corrected chi connectivity index (χ4v) is 1.97. The Bertz CT molecular complexity index is 352. The monoisotopic (exact) mass is 248 g/mol. The molecular weight excluding hydrogens is 239 g/mol. The molecule has 0 amide bonds. The van der Waals surface area contributed by atoms with Crippen molar-refractivity contribution < 1.29 is 4.79 Å². The molecule has 0 aliphatic rings. The maximum absolute atomic E-state index is 11.1. The molecule has 14 heavy (non-hydrogen) atoms. The molecule has 1 rings (SSSR count). The number of alkyl halides is 1. The van der Waals surface area contributed by atoms with Crippen LogP contribution in [-0.2, 0) is 4.79 Å². The number of rotatable bonds is 3. The fraction of sp³-hybridized carbons (Fsp3) is 0.300. The standard InChI is InChI=1S/C10H10Cl2OS/c1-6(13)10(12)8-5-7(14-2)3-4-9(8)11/h3-5,10H,1-2H3. The number of halogens is 2.